The molecule has 2 rings (SSSR count). The van der Waals surface area contributed by atoms with Gasteiger partial charge in [-0.25, -0.2) is 0 Å². The molecule has 1 saturated heterocycles. The van der Waals surface area contributed by atoms with E-state index in [0.29, 0.717) is 11.7 Å². The minimum atomic E-state index is -0.262. The molecule has 0 radical (unpaired) electrons. The van der Waals surface area contributed by atoms with E-state index < -0.39 is 0 Å². The predicted octanol–water partition coefficient (Wildman–Crippen LogP) is 5.33. The third kappa shape index (κ3) is 3.11. The highest BCUT2D eigenvalue weighted by atomic mass is 16.7. The number of allylic oxidation sites excluding steroid dienone is 6. The lowest BCUT2D eigenvalue weighted by molar-refractivity contribution is 0.00578. The summed E-state index contributed by atoms with van der Waals surface area (Å²) >= 11 is 0. The van der Waals surface area contributed by atoms with Crippen molar-refractivity contribution in [1.29, 1.82) is 0 Å². The molecule has 0 amide bonds. The molecular weight excluding hydrogens is 271 g/mol. The zero-order chi connectivity index (χ0) is 16.5. The first-order valence-corrected chi connectivity index (χ1v) is 8.66. The Bertz CT molecular complexity index is 484. The van der Waals surface area contributed by atoms with Gasteiger partial charge in [-0.3, -0.25) is 0 Å². The van der Waals surface area contributed by atoms with Gasteiger partial charge in [-0.1, -0.05) is 43.7 Å². The van der Waals surface area contributed by atoms with Crippen molar-refractivity contribution in [3.8, 4) is 0 Å². The summed E-state index contributed by atoms with van der Waals surface area (Å²) in [5.74, 6) is 0.797. The van der Waals surface area contributed by atoms with Crippen LogP contribution in [0.15, 0.2) is 35.5 Å². The van der Waals surface area contributed by atoms with Crippen LogP contribution < -0.4 is 0 Å². The normalized spacial score (nSPS) is 30.6. The summed E-state index contributed by atoms with van der Waals surface area (Å²) in [6.45, 7) is 15.1. The Kier molecular flexibility index (Phi) is 5.08. The van der Waals surface area contributed by atoms with E-state index in [1.54, 1.807) is 0 Å². The van der Waals surface area contributed by atoms with Crippen LogP contribution in [0.5, 0.6) is 0 Å². The molecule has 0 saturated carbocycles. The topological polar surface area (TPSA) is 18.5 Å². The lowest BCUT2D eigenvalue weighted by Crippen LogP contribution is -2.41. The van der Waals surface area contributed by atoms with Gasteiger partial charge in [0, 0.05) is 5.82 Å². The second-order valence-corrected chi connectivity index (χ2v) is 7.46. The highest BCUT2D eigenvalue weighted by Crippen LogP contribution is 2.47. The SMILES string of the molecule is C/C=C/C1=CC(CC)C(B2OC(C)(C)C(C)(C)O2)C(CC)=C1. The van der Waals surface area contributed by atoms with Gasteiger partial charge in [0.2, 0.25) is 0 Å². The van der Waals surface area contributed by atoms with E-state index in [1.165, 1.54) is 11.1 Å². The number of hydrogen-bond acceptors (Lipinski definition) is 2. The minimum absolute atomic E-state index is 0.149. The summed E-state index contributed by atoms with van der Waals surface area (Å²) in [6, 6.07) is 0. The summed E-state index contributed by atoms with van der Waals surface area (Å²) < 4.78 is 12.7. The van der Waals surface area contributed by atoms with Crippen molar-refractivity contribution in [2.45, 2.75) is 78.3 Å². The fourth-order valence-corrected chi connectivity index (χ4v) is 3.40. The summed E-state index contributed by atoms with van der Waals surface area (Å²) in [5.41, 5.74) is 2.24. The van der Waals surface area contributed by atoms with Gasteiger partial charge in [0.05, 0.1) is 11.2 Å². The van der Waals surface area contributed by atoms with E-state index in [0.717, 1.165) is 12.8 Å². The van der Waals surface area contributed by atoms with E-state index in [-0.39, 0.29) is 18.3 Å². The van der Waals surface area contributed by atoms with Crippen LogP contribution in [0, 0.1) is 5.92 Å². The molecular formula is C19H31BO2. The monoisotopic (exact) mass is 302 g/mol. The van der Waals surface area contributed by atoms with E-state index >= 15 is 0 Å². The van der Waals surface area contributed by atoms with Gasteiger partial charge < -0.3 is 9.31 Å². The second kappa shape index (κ2) is 6.37. The average Bonchev–Trinajstić information content (AvgIpc) is 2.66. The molecule has 122 valence electrons. The molecule has 22 heavy (non-hydrogen) atoms. The minimum Gasteiger partial charge on any atom is -0.403 e. The highest BCUT2D eigenvalue weighted by molar-refractivity contribution is 6.48. The van der Waals surface area contributed by atoms with Gasteiger partial charge in [0.15, 0.2) is 0 Å². The molecule has 0 aromatic carbocycles. The van der Waals surface area contributed by atoms with Gasteiger partial charge in [0.25, 0.3) is 0 Å². The van der Waals surface area contributed by atoms with Crippen LogP contribution in [0.4, 0.5) is 0 Å². The molecule has 2 aliphatic rings. The molecule has 0 spiro atoms. The van der Waals surface area contributed by atoms with Crippen molar-refractivity contribution in [3.63, 3.8) is 0 Å². The lowest BCUT2D eigenvalue weighted by atomic mass is 9.58. The first-order valence-electron chi connectivity index (χ1n) is 8.66. The molecule has 2 unspecified atom stereocenters. The van der Waals surface area contributed by atoms with Crippen LogP contribution in [-0.2, 0) is 9.31 Å². The van der Waals surface area contributed by atoms with Gasteiger partial charge in [-0.05, 0) is 59.0 Å². The molecule has 1 fully saturated rings. The van der Waals surface area contributed by atoms with E-state index in [4.69, 9.17) is 9.31 Å². The summed E-state index contributed by atoms with van der Waals surface area (Å²) in [7, 11) is -0.149. The van der Waals surface area contributed by atoms with Crippen molar-refractivity contribution in [2.75, 3.05) is 0 Å². The standard InChI is InChI=1S/C19H31BO2/c1-8-11-14-12-15(9-2)17(16(10-3)13-14)20-21-18(4,5)19(6,7)22-20/h8,11-13,15,17H,9-10H2,1-7H3/b11-8+. The molecule has 2 nitrogen and oxygen atoms in total. The zero-order valence-electron chi connectivity index (χ0n) is 15.3. The third-order valence-corrected chi connectivity index (χ3v) is 5.45. The Labute approximate surface area is 136 Å². The molecule has 1 aliphatic carbocycles. The molecule has 2 atom stereocenters. The molecule has 1 heterocycles. The van der Waals surface area contributed by atoms with Crippen molar-refractivity contribution in [1.82, 2.24) is 0 Å². The van der Waals surface area contributed by atoms with Crippen molar-refractivity contribution in [3.05, 3.63) is 35.5 Å². The Hall–Kier alpha value is -0.795. The Morgan fingerprint density at radius 2 is 1.73 bits per heavy atom. The lowest BCUT2D eigenvalue weighted by Gasteiger charge is -2.32. The maximum absolute atomic E-state index is 6.35. The maximum atomic E-state index is 6.35. The van der Waals surface area contributed by atoms with Gasteiger partial charge >= 0.3 is 7.12 Å². The van der Waals surface area contributed by atoms with E-state index in [1.807, 2.05) is 0 Å². The quantitative estimate of drug-likeness (QED) is 0.654. The Morgan fingerprint density at radius 3 is 2.18 bits per heavy atom. The fraction of sp³-hybridized carbons (Fsp3) is 0.684. The summed E-state index contributed by atoms with van der Waals surface area (Å²) in [4.78, 5) is 0. The van der Waals surface area contributed by atoms with Crippen molar-refractivity contribution >= 4 is 7.12 Å². The maximum Gasteiger partial charge on any atom is 0.466 e. The smallest absolute Gasteiger partial charge is 0.403 e. The summed E-state index contributed by atoms with van der Waals surface area (Å²) in [6.07, 6.45) is 11.2. The van der Waals surface area contributed by atoms with Crippen molar-refractivity contribution in [2.24, 2.45) is 5.92 Å². The average molecular weight is 302 g/mol. The Morgan fingerprint density at radius 1 is 1.14 bits per heavy atom. The van der Waals surface area contributed by atoms with Crippen LogP contribution in [0.1, 0.15) is 61.3 Å². The van der Waals surface area contributed by atoms with Crippen LogP contribution in [0.3, 0.4) is 0 Å². The first-order chi connectivity index (χ1) is 10.3. The van der Waals surface area contributed by atoms with Gasteiger partial charge in [-0.2, -0.15) is 0 Å². The molecule has 3 heteroatoms. The molecule has 0 bridgehead atoms. The van der Waals surface area contributed by atoms with Crippen LogP contribution >= 0.6 is 0 Å². The van der Waals surface area contributed by atoms with Crippen LogP contribution in [0.2, 0.25) is 5.82 Å². The largest absolute Gasteiger partial charge is 0.466 e. The van der Waals surface area contributed by atoms with Crippen LogP contribution in [0.25, 0.3) is 0 Å². The number of hydrogen-bond donors (Lipinski definition) is 0. The fourth-order valence-electron chi connectivity index (χ4n) is 3.40. The van der Waals surface area contributed by atoms with E-state index in [9.17, 15) is 0 Å². The van der Waals surface area contributed by atoms with Crippen molar-refractivity contribution < 1.29 is 9.31 Å². The van der Waals surface area contributed by atoms with Crippen LogP contribution in [-0.4, -0.2) is 18.3 Å². The van der Waals surface area contributed by atoms with Gasteiger partial charge in [0.1, 0.15) is 0 Å². The summed E-state index contributed by atoms with van der Waals surface area (Å²) in [5, 5.41) is 0. The highest BCUT2D eigenvalue weighted by Gasteiger charge is 2.55. The number of rotatable bonds is 4. The Balaban J connectivity index is 2.32. The zero-order valence-corrected chi connectivity index (χ0v) is 15.3. The predicted molar refractivity (Wildman–Crippen MR) is 94.9 cm³/mol. The molecule has 0 aromatic heterocycles. The molecule has 0 N–H and O–H groups in total. The second-order valence-electron chi connectivity index (χ2n) is 7.46. The third-order valence-electron chi connectivity index (χ3n) is 5.45. The molecule has 0 aromatic rings. The first kappa shape index (κ1) is 17.6. The van der Waals surface area contributed by atoms with E-state index in [2.05, 4.69) is 72.8 Å². The molecule has 1 aliphatic heterocycles. The van der Waals surface area contributed by atoms with Gasteiger partial charge in [-0.15, -0.1) is 0 Å².